The zero-order valence-electron chi connectivity index (χ0n) is 17.2. The molecule has 1 unspecified atom stereocenters. The summed E-state index contributed by atoms with van der Waals surface area (Å²) in [5.41, 5.74) is 2.91. The molecule has 5 rings (SSSR count). The van der Waals surface area contributed by atoms with Crippen LogP contribution in [0.5, 0.6) is 0 Å². The number of benzene rings is 1. The maximum absolute atomic E-state index is 13.1. The second-order valence-electron chi connectivity index (χ2n) is 9.16. The third-order valence-electron chi connectivity index (χ3n) is 6.80. The first-order valence-electron chi connectivity index (χ1n) is 11.1. The summed E-state index contributed by atoms with van der Waals surface area (Å²) in [5, 5.41) is 4.64. The van der Waals surface area contributed by atoms with E-state index >= 15 is 0 Å². The van der Waals surface area contributed by atoms with E-state index < -0.39 is 9.84 Å². The smallest absolute Gasteiger partial charge is 0.274 e. The summed E-state index contributed by atoms with van der Waals surface area (Å²) >= 11 is 0. The second-order valence-corrected chi connectivity index (χ2v) is 11.4. The van der Waals surface area contributed by atoms with Crippen molar-refractivity contribution in [2.45, 2.75) is 50.5 Å². The molecule has 2 aliphatic heterocycles. The number of aromatic nitrogens is 2. The molecule has 1 aliphatic carbocycles. The molecule has 3 fully saturated rings. The van der Waals surface area contributed by atoms with Gasteiger partial charge < -0.3 is 4.90 Å². The topological polar surface area (TPSA) is 72.3 Å². The number of likely N-dealkylation sites (tertiary alicyclic amines) is 1. The zero-order chi connectivity index (χ0) is 20.7. The number of sulfone groups is 1. The maximum Gasteiger partial charge on any atom is 0.274 e. The van der Waals surface area contributed by atoms with Crippen molar-refractivity contribution in [3.8, 4) is 0 Å². The summed E-state index contributed by atoms with van der Waals surface area (Å²) in [7, 11) is -2.99. The largest absolute Gasteiger partial charge is 0.337 e. The van der Waals surface area contributed by atoms with Crippen LogP contribution in [-0.4, -0.2) is 53.6 Å². The lowest BCUT2D eigenvalue weighted by molar-refractivity contribution is 0.0683. The summed E-state index contributed by atoms with van der Waals surface area (Å²) in [5.74, 6) is 1.40. The number of hydrogen-bond donors (Lipinski definition) is 0. The van der Waals surface area contributed by atoms with Gasteiger partial charge in [-0.2, -0.15) is 5.10 Å². The predicted molar refractivity (Wildman–Crippen MR) is 115 cm³/mol. The molecule has 2 saturated heterocycles. The number of carbonyl (C=O) groups is 1. The molecule has 7 heteroatoms. The van der Waals surface area contributed by atoms with Crippen molar-refractivity contribution in [1.29, 1.82) is 0 Å². The van der Waals surface area contributed by atoms with Crippen molar-refractivity contribution in [1.82, 2.24) is 14.7 Å². The Morgan fingerprint density at radius 3 is 2.40 bits per heavy atom. The first-order chi connectivity index (χ1) is 14.5. The molecule has 3 aliphatic rings. The van der Waals surface area contributed by atoms with E-state index in [2.05, 4.69) is 29.4 Å². The maximum atomic E-state index is 13.1. The fourth-order valence-electron chi connectivity index (χ4n) is 4.91. The monoisotopic (exact) mass is 427 g/mol. The number of nitrogens with zero attached hydrogens (tertiary/aromatic N) is 3. The van der Waals surface area contributed by atoms with Crippen LogP contribution in [0.2, 0.25) is 0 Å². The van der Waals surface area contributed by atoms with Crippen LogP contribution in [0.25, 0.3) is 0 Å². The molecule has 0 bridgehead atoms. The summed E-state index contributed by atoms with van der Waals surface area (Å²) in [6.07, 6.45) is 5.89. The van der Waals surface area contributed by atoms with E-state index in [1.807, 2.05) is 21.7 Å². The number of piperidine rings is 1. The molecule has 0 spiro atoms. The molecule has 30 heavy (non-hydrogen) atoms. The first kappa shape index (κ1) is 19.8. The Morgan fingerprint density at radius 2 is 1.77 bits per heavy atom. The molecule has 1 aromatic heterocycles. The van der Waals surface area contributed by atoms with Crippen LogP contribution in [0, 0.1) is 5.92 Å². The van der Waals surface area contributed by atoms with Crippen LogP contribution >= 0.6 is 0 Å². The Kier molecular flexibility index (Phi) is 5.17. The van der Waals surface area contributed by atoms with Crippen molar-refractivity contribution in [2.75, 3.05) is 24.6 Å². The number of rotatable bonds is 5. The van der Waals surface area contributed by atoms with Crippen molar-refractivity contribution in [3.63, 3.8) is 0 Å². The van der Waals surface area contributed by atoms with Gasteiger partial charge in [-0.15, -0.1) is 0 Å². The Labute approximate surface area is 178 Å². The van der Waals surface area contributed by atoms with E-state index in [9.17, 15) is 13.2 Å². The van der Waals surface area contributed by atoms with Gasteiger partial charge in [-0.1, -0.05) is 30.3 Å². The lowest BCUT2D eigenvalue weighted by Crippen LogP contribution is -2.39. The highest BCUT2D eigenvalue weighted by molar-refractivity contribution is 7.91. The van der Waals surface area contributed by atoms with Gasteiger partial charge in [0.1, 0.15) is 0 Å². The van der Waals surface area contributed by atoms with Gasteiger partial charge in [0.15, 0.2) is 15.5 Å². The third-order valence-corrected chi connectivity index (χ3v) is 8.55. The van der Waals surface area contributed by atoms with Crippen LogP contribution in [0.15, 0.2) is 36.4 Å². The van der Waals surface area contributed by atoms with Crippen LogP contribution in [0.3, 0.4) is 0 Å². The van der Waals surface area contributed by atoms with Crippen molar-refractivity contribution >= 4 is 15.7 Å². The molecular weight excluding hydrogens is 398 g/mol. The quantitative estimate of drug-likeness (QED) is 0.735. The van der Waals surface area contributed by atoms with E-state index in [0.717, 1.165) is 50.9 Å². The molecule has 2 aromatic rings. The van der Waals surface area contributed by atoms with E-state index in [0.29, 0.717) is 24.0 Å². The molecule has 6 nitrogen and oxygen atoms in total. The SMILES string of the molecule is O=C(c1cc(C2CC2)n(C2CCS(=O)(=O)C2)n1)N1CCC(Cc2ccccc2)CC1. The summed E-state index contributed by atoms with van der Waals surface area (Å²) in [6.45, 7) is 1.53. The average Bonchev–Trinajstić information content (AvgIpc) is 3.39. The zero-order valence-corrected chi connectivity index (χ0v) is 18.1. The van der Waals surface area contributed by atoms with Gasteiger partial charge in [0.2, 0.25) is 0 Å². The van der Waals surface area contributed by atoms with Gasteiger partial charge in [-0.05, 0) is 56.1 Å². The van der Waals surface area contributed by atoms with Gasteiger partial charge >= 0.3 is 0 Å². The predicted octanol–water partition coefficient (Wildman–Crippen LogP) is 3.22. The van der Waals surface area contributed by atoms with Crippen molar-refractivity contribution < 1.29 is 13.2 Å². The fraction of sp³-hybridized carbons (Fsp3) is 0.565. The summed E-state index contributed by atoms with van der Waals surface area (Å²) in [6, 6.07) is 12.4. The van der Waals surface area contributed by atoms with Gasteiger partial charge in [0, 0.05) is 24.7 Å². The molecule has 1 saturated carbocycles. The number of hydrogen-bond acceptors (Lipinski definition) is 4. The Morgan fingerprint density at radius 1 is 1.03 bits per heavy atom. The highest BCUT2D eigenvalue weighted by Gasteiger charge is 2.36. The normalized spacial score (nSPS) is 24.3. The number of carbonyl (C=O) groups excluding carboxylic acids is 1. The fourth-order valence-corrected chi connectivity index (χ4v) is 6.60. The summed E-state index contributed by atoms with van der Waals surface area (Å²) in [4.78, 5) is 15.1. The van der Waals surface area contributed by atoms with Crippen LogP contribution in [-0.2, 0) is 16.3 Å². The minimum absolute atomic E-state index is 0.00494. The van der Waals surface area contributed by atoms with Crippen molar-refractivity contribution in [3.05, 3.63) is 53.3 Å². The van der Waals surface area contributed by atoms with Gasteiger partial charge in [-0.3, -0.25) is 9.48 Å². The lowest BCUT2D eigenvalue weighted by atomic mass is 9.90. The second kappa shape index (κ2) is 7.84. The highest BCUT2D eigenvalue weighted by Crippen LogP contribution is 2.42. The Hall–Kier alpha value is -2.15. The molecule has 1 aromatic carbocycles. The number of amides is 1. The minimum atomic E-state index is -2.99. The lowest BCUT2D eigenvalue weighted by Gasteiger charge is -2.31. The highest BCUT2D eigenvalue weighted by atomic mass is 32.2. The van der Waals surface area contributed by atoms with Gasteiger partial charge in [-0.25, -0.2) is 8.42 Å². The Balaban J connectivity index is 1.26. The van der Waals surface area contributed by atoms with E-state index in [1.165, 1.54) is 5.56 Å². The van der Waals surface area contributed by atoms with E-state index in [1.54, 1.807) is 0 Å². The standard InChI is InChI=1S/C23H29N3O3S/c27-23(25-11-8-18(9-12-25)14-17-4-2-1-3-5-17)21-15-22(19-6-7-19)26(24-21)20-10-13-30(28,29)16-20/h1-5,15,18-20H,6-14,16H2. The minimum Gasteiger partial charge on any atom is -0.337 e. The first-order valence-corrected chi connectivity index (χ1v) is 12.9. The third kappa shape index (κ3) is 4.17. The summed E-state index contributed by atoms with van der Waals surface area (Å²) < 4.78 is 25.8. The molecular formula is C23H29N3O3S. The molecule has 1 amide bonds. The molecule has 0 radical (unpaired) electrons. The van der Waals surface area contributed by atoms with Gasteiger partial charge in [0.05, 0.1) is 17.5 Å². The van der Waals surface area contributed by atoms with E-state index in [4.69, 9.17) is 0 Å². The van der Waals surface area contributed by atoms with Crippen LogP contribution in [0.4, 0.5) is 0 Å². The Bertz CT molecular complexity index is 1020. The molecule has 0 N–H and O–H groups in total. The van der Waals surface area contributed by atoms with Crippen LogP contribution < -0.4 is 0 Å². The average molecular weight is 428 g/mol. The van der Waals surface area contributed by atoms with Gasteiger partial charge in [0.25, 0.3) is 5.91 Å². The molecule has 160 valence electrons. The molecule has 1 atom stereocenters. The molecule has 3 heterocycles. The van der Waals surface area contributed by atoms with Crippen molar-refractivity contribution in [2.24, 2.45) is 5.92 Å². The van der Waals surface area contributed by atoms with Crippen LogP contribution in [0.1, 0.15) is 65.8 Å². The van der Waals surface area contributed by atoms with E-state index in [-0.39, 0.29) is 23.5 Å².